The lowest BCUT2D eigenvalue weighted by molar-refractivity contribution is -0.121. The molecule has 0 saturated heterocycles. The topological polar surface area (TPSA) is 189 Å². The van der Waals surface area contributed by atoms with Gasteiger partial charge in [-0.15, -0.1) is 0 Å². The van der Waals surface area contributed by atoms with Crippen LogP contribution in [0.3, 0.4) is 0 Å². The number of hydrogen-bond donors (Lipinski definition) is 4. The van der Waals surface area contributed by atoms with Crippen molar-refractivity contribution >= 4 is 27.7 Å². The number of carbonyl (C=O) groups is 3. The Morgan fingerprint density at radius 1 is 1.27 bits per heavy atom. The van der Waals surface area contributed by atoms with Crippen LogP contribution in [0.25, 0.3) is 0 Å². The number of nitrogens with two attached hydrogens (primary N) is 3. The summed E-state index contributed by atoms with van der Waals surface area (Å²) in [6.07, 6.45) is 1.30. The molecule has 1 aromatic heterocycles. The normalized spacial score (nSPS) is 12.6. The van der Waals surface area contributed by atoms with Crippen molar-refractivity contribution < 1.29 is 27.2 Å². The van der Waals surface area contributed by atoms with Crippen LogP contribution in [0.4, 0.5) is 0 Å². The molecule has 0 aliphatic carbocycles. The van der Waals surface area contributed by atoms with Crippen LogP contribution in [-0.4, -0.2) is 32.2 Å². The second-order valence-corrected chi connectivity index (χ2v) is 5.98. The van der Waals surface area contributed by atoms with Crippen LogP contribution < -0.4 is 21.9 Å². The fourth-order valence-electron chi connectivity index (χ4n) is 1.59. The van der Waals surface area contributed by atoms with Crippen molar-refractivity contribution in [2.75, 3.05) is 0 Å². The lowest BCUT2D eigenvalue weighted by Gasteiger charge is -2.14. The van der Waals surface area contributed by atoms with Crippen molar-refractivity contribution in [3.8, 4) is 0 Å². The van der Waals surface area contributed by atoms with Crippen LogP contribution in [0.2, 0.25) is 0 Å². The first-order valence-electron chi connectivity index (χ1n) is 6.11. The van der Waals surface area contributed by atoms with E-state index in [2.05, 4.69) is 9.73 Å². The highest BCUT2D eigenvalue weighted by atomic mass is 32.2. The lowest BCUT2D eigenvalue weighted by Crippen LogP contribution is -2.44. The zero-order valence-electron chi connectivity index (χ0n) is 11.4. The monoisotopic (exact) mass is 332 g/mol. The van der Waals surface area contributed by atoms with Gasteiger partial charge in [-0.05, 0) is 12.8 Å². The minimum absolute atomic E-state index is 0.0426. The Balaban J connectivity index is 2.73. The van der Waals surface area contributed by atoms with Gasteiger partial charge in [-0.2, -0.15) is 0 Å². The Morgan fingerprint density at radius 2 is 1.91 bits per heavy atom. The highest BCUT2D eigenvalue weighted by Gasteiger charge is 2.22. The molecule has 0 aromatic carbocycles. The second kappa shape index (κ2) is 7.04. The lowest BCUT2D eigenvalue weighted by atomic mass is 10.1. The molecule has 22 heavy (non-hydrogen) atoms. The molecule has 1 atom stereocenters. The summed E-state index contributed by atoms with van der Waals surface area (Å²) in [5.41, 5.74) is 9.98. The van der Waals surface area contributed by atoms with Crippen LogP contribution in [0.1, 0.15) is 29.6 Å². The fraction of sp³-hybridized carbons (Fsp3) is 0.364. The highest BCUT2D eigenvalue weighted by molar-refractivity contribution is 7.89. The molecule has 0 radical (unpaired) electrons. The van der Waals surface area contributed by atoms with Gasteiger partial charge in [0.15, 0.2) is 0 Å². The van der Waals surface area contributed by atoms with Crippen molar-refractivity contribution in [1.82, 2.24) is 5.32 Å². The maximum absolute atomic E-state index is 11.9. The van der Waals surface area contributed by atoms with E-state index in [9.17, 15) is 22.8 Å². The average molecular weight is 332 g/mol. The molecule has 7 N–H and O–H groups in total. The summed E-state index contributed by atoms with van der Waals surface area (Å²) in [4.78, 5) is 33.8. The van der Waals surface area contributed by atoms with Gasteiger partial charge >= 0.3 is 0 Å². The molecule has 0 spiro atoms. The maximum atomic E-state index is 11.9. The minimum atomic E-state index is -4.07. The summed E-state index contributed by atoms with van der Waals surface area (Å²) >= 11 is 0. The maximum Gasteiger partial charge on any atom is 0.271 e. The predicted molar refractivity (Wildman–Crippen MR) is 73.6 cm³/mol. The number of carbonyl (C=O) groups excluding carboxylic acids is 3. The number of sulfonamides is 1. The van der Waals surface area contributed by atoms with Gasteiger partial charge in [-0.3, -0.25) is 14.4 Å². The molecule has 0 fully saturated rings. The number of rotatable bonds is 8. The summed E-state index contributed by atoms with van der Waals surface area (Å²) in [7, 11) is -4.07. The van der Waals surface area contributed by atoms with E-state index in [0.29, 0.717) is 0 Å². The molecular formula is C11H16N4O6S. The Hall–Kier alpha value is -2.40. The van der Waals surface area contributed by atoms with Gasteiger partial charge in [0.25, 0.3) is 15.9 Å². The quantitative estimate of drug-likeness (QED) is 0.432. The SMILES string of the molecule is NC(=O)CCCC(NC(=O)c1coc(S(N)(=O)=O)c1)C(N)=O. The molecule has 1 rings (SSSR count). The molecule has 10 nitrogen and oxygen atoms in total. The molecule has 122 valence electrons. The first kappa shape index (κ1) is 17.7. The van der Waals surface area contributed by atoms with E-state index in [4.69, 9.17) is 16.6 Å². The number of nitrogens with one attached hydrogen (secondary N) is 1. The van der Waals surface area contributed by atoms with Gasteiger partial charge in [0.05, 0.1) is 5.56 Å². The van der Waals surface area contributed by atoms with Crippen molar-refractivity contribution in [2.24, 2.45) is 16.6 Å². The first-order chi connectivity index (χ1) is 10.1. The molecule has 0 aliphatic heterocycles. The number of furan rings is 1. The summed E-state index contributed by atoms with van der Waals surface area (Å²) in [6, 6.07) is -0.105. The third-order valence-electron chi connectivity index (χ3n) is 2.68. The molecule has 1 heterocycles. The van der Waals surface area contributed by atoms with Gasteiger partial charge < -0.3 is 21.2 Å². The van der Waals surface area contributed by atoms with E-state index in [0.717, 1.165) is 12.3 Å². The van der Waals surface area contributed by atoms with Crippen LogP contribution in [0.15, 0.2) is 21.8 Å². The Labute approximate surface area is 126 Å². The van der Waals surface area contributed by atoms with Crippen LogP contribution >= 0.6 is 0 Å². The number of amides is 3. The number of hydrogen-bond acceptors (Lipinski definition) is 6. The van der Waals surface area contributed by atoms with Crippen molar-refractivity contribution in [1.29, 1.82) is 0 Å². The molecule has 1 unspecified atom stereocenters. The van der Waals surface area contributed by atoms with E-state index in [1.54, 1.807) is 0 Å². The predicted octanol–water partition coefficient (Wildman–Crippen LogP) is -1.83. The van der Waals surface area contributed by atoms with Gasteiger partial charge in [0.2, 0.25) is 16.9 Å². The number of primary amides is 2. The third-order valence-corrected chi connectivity index (χ3v) is 3.46. The molecule has 3 amide bonds. The zero-order chi connectivity index (χ0) is 16.9. The van der Waals surface area contributed by atoms with E-state index in [-0.39, 0.29) is 24.8 Å². The Bertz CT molecular complexity index is 681. The van der Waals surface area contributed by atoms with E-state index in [1.165, 1.54) is 0 Å². The van der Waals surface area contributed by atoms with Gasteiger partial charge in [0, 0.05) is 12.5 Å². The Morgan fingerprint density at radius 3 is 2.36 bits per heavy atom. The summed E-state index contributed by atoms with van der Waals surface area (Å²) in [5.74, 6) is -2.10. The van der Waals surface area contributed by atoms with Gasteiger partial charge in [-0.1, -0.05) is 0 Å². The molecule has 0 saturated carbocycles. The second-order valence-electron chi connectivity index (χ2n) is 4.49. The van der Waals surface area contributed by atoms with Gasteiger partial charge in [-0.25, -0.2) is 13.6 Å². The van der Waals surface area contributed by atoms with Crippen LogP contribution in [0.5, 0.6) is 0 Å². The fourth-order valence-corrected chi connectivity index (χ4v) is 2.07. The Kier molecular flexibility index (Phi) is 5.65. The molecule has 0 aliphatic rings. The molecular weight excluding hydrogens is 316 g/mol. The standard InChI is InChI=1S/C11H16N4O6S/c12-8(16)3-1-2-7(10(13)17)15-11(18)6-4-9(21-5-6)22(14,19)20/h4-5,7H,1-3H2,(H2,12,16)(H2,13,17)(H,15,18)(H2,14,19,20). The average Bonchev–Trinajstić information content (AvgIpc) is 2.86. The van der Waals surface area contributed by atoms with Gasteiger partial charge in [0.1, 0.15) is 12.3 Å². The summed E-state index contributed by atoms with van der Waals surface area (Å²) < 4.78 is 26.7. The smallest absolute Gasteiger partial charge is 0.271 e. The van der Waals surface area contributed by atoms with Crippen molar-refractivity contribution in [3.63, 3.8) is 0 Å². The van der Waals surface area contributed by atoms with Crippen molar-refractivity contribution in [2.45, 2.75) is 30.4 Å². The minimum Gasteiger partial charge on any atom is -0.451 e. The first-order valence-corrected chi connectivity index (χ1v) is 7.65. The molecule has 0 bridgehead atoms. The van der Waals surface area contributed by atoms with E-state index >= 15 is 0 Å². The molecule has 11 heteroatoms. The van der Waals surface area contributed by atoms with Crippen molar-refractivity contribution in [3.05, 3.63) is 17.9 Å². The largest absolute Gasteiger partial charge is 0.451 e. The van der Waals surface area contributed by atoms with Crippen LogP contribution in [-0.2, 0) is 19.6 Å². The summed E-state index contributed by atoms with van der Waals surface area (Å²) in [6.45, 7) is 0. The highest BCUT2D eigenvalue weighted by Crippen LogP contribution is 2.12. The molecule has 1 aromatic rings. The zero-order valence-corrected chi connectivity index (χ0v) is 12.3. The van der Waals surface area contributed by atoms with E-state index < -0.39 is 38.9 Å². The van der Waals surface area contributed by atoms with Crippen LogP contribution in [0, 0.1) is 0 Å². The summed E-state index contributed by atoms with van der Waals surface area (Å²) in [5, 5.41) is 6.57. The van der Waals surface area contributed by atoms with E-state index in [1.807, 2.05) is 0 Å². The number of primary sulfonamides is 1. The third kappa shape index (κ3) is 5.18.